The first kappa shape index (κ1) is 16.0. The van der Waals surface area contributed by atoms with Crippen LogP contribution in [0.15, 0.2) is 18.2 Å². The highest BCUT2D eigenvalue weighted by atomic mass is 35.5. The van der Waals surface area contributed by atoms with Gasteiger partial charge >= 0.3 is 0 Å². The summed E-state index contributed by atoms with van der Waals surface area (Å²) in [7, 11) is 0. The third-order valence-electron chi connectivity index (χ3n) is 3.63. The van der Waals surface area contributed by atoms with Crippen LogP contribution in [-0.4, -0.2) is 20.8 Å². The molecule has 1 unspecified atom stereocenters. The van der Waals surface area contributed by atoms with Crippen molar-refractivity contribution in [1.82, 2.24) is 14.8 Å². The molecule has 0 aliphatic rings. The molecule has 1 heterocycles. The molecule has 0 saturated carbocycles. The van der Waals surface area contributed by atoms with Crippen molar-refractivity contribution in [3.8, 4) is 5.69 Å². The van der Waals surface area contributed by atoms with Gasteiger partial charge in [0.25, 0.3) is 0 Å². The molecular weight excluding hydrogens is 284 g/mol. The summed E-state index contributed by atoms with van der Waals surface area (Å²) < 4.78 is 1.92. The van der Waals surface area contributed by atoms with Crippen molar-refractivity contribution in [3.05, 3.63) is 40.4 Å². The van der Waals surface area contributed by atoms with Gasteiger partial charge in [-0.2, -0.15) is 5.10 Å². The fraction of sp³-hybridized carbons (Fsp3) is 0.500. The summed E-state index contributed by atoms with van der Waals surface area (Å²) in [5, 5.41) is 5.31. The van der Waals surface area contributed by atoms with E-state index in [4.69, 9.17) is 17.3 Å². The van der Waals surface area contributed by atoms with Crippen molar-refractivity contribution in [2.24, 2.45) is 5.73 Å². The minimum absolute atomic E-state index is 0.143. The molecule has 21 heavy (non-hydrogen) atoms. The van der Waals surface area contributed by atoms with Crippen LogP contribution in [0.4, 0.5) is 0 Å². The van der Waals surface area contributed by atoms with Crippen LogP contribution in [0.3, 0.4) is 0 Å². The molecule has 0 saturated heterocycles. The van der Waals surface area contributed by atoms with Gasteiger partial charge in [-0.15, -0.1) is 0 Å². The molecule has 2 rings (SSSR count). The van der Waals surface area contributed by atoms with Crippen LogP contribution in [0.1, 0.15) is 44.4 Å². The monoisotopic (exact) mass is 306 g/mol. The quantitative estimate of drug-likeness (QED) is 0.890. The number of aryl methyl sites for hydroxylation is 2. The van der Waals surface area contributed by atoms with Gasteiger partial charge in [-0.3, -0.25) is 0 Å². The van der Waals surface area contributed by atoms with E-state index in [1.165, 1.54) is 0 Å². The number of nitrogens with zero attached hydrogens (tertiary/aromatic N) is 3. The van der Waals surface area contributed by atoms with Gasteiger partial charge in [0, 0.05) is 23.9 Å². The van der Waals surface area contributed by atoms with Crippen molar-refractivity contribution in [1.29, 1.82) is 0 Å². The highest BCUT2D eigenvalue weighted by Gasteiger charge is 2.14. The Labute approximate surface area is 131 Å². The summed E-state index contributed by atoms with van der Waals surface area (Å²) in [5.41, 5.74) is 8.27. The smallest absolute Gasteiger partial charge is 0.151 e. The van der Waals surface area contributed by atoms with E-state index in [-0.39, 0.29) is 6.04 Å². The van der Waals surface area contributed by atoms with Crippen molar-refractivity contribution in [2.75, 3.05) is 0 Å². The van der Waals surface area contributed by atoms with Gasteiger partial charge in [-0.25, -0.2) is 9.67 Å². The number of halogens is 1. The lowest BCUT2D eigenvalue weighted by Gasteiger charge is -2.15. The van der Waals surface area contributed by atoms with Crippen molar-refractivity contribution in [2.45, 2.75) is 52.5 Å². The van der Waals surface area contributed by atoms with E-state index >= 15 is 0 Å². The van der Waals surface area contributed by atoms with Crippen molar-refractivity contribution in [3.63, 3.8) is 0 Å². The normalized spacial score (nSPS) is 12.6. The minimum atomic E-state index is 0.143. The average molecular weight is 307 g/mol. The van der Waals surface area contributed by atoms with Gasteiger partial charge < -0.3 is 5.73 Å². The molecule has 2 aromatic rings. The first-order valence-electron chi connectivity index (χ1n) is 7.58. The zero-order chi connectivity index (χ0) is 15.4. The van der Waals surface area contributed by atoms with E-state index in [1.54, 1.807) is 0 Å². The number of rotatable bonds is 6. The molecule has 0 radical (unpaired) electrons. The Balaban J connectivity index is 2.51. The van der Waals surface area contributed by atoms with Crippen LogP contribution in [0.25, 0.3) is 5.69 Å². The summed E-state index contributed by atoms with van der Waals surface area (Å²) in [6.07, 6.45) is 3.41. The highest BCUT2D eigenvalue weighted by molar-refractivity contribution is 6.30. The van der Waals surface area contributed by atoms with E-state index in [9.17, 15) is 0 Å². The van der Waals surface area contributed by atoms with Gasteiger partial charge in [0.1, 0.15) is 5.82 Å². The molecule has 0 aliphatic carbocycles. The topological polar surface area (TPSA) is 56.7 Å². The van der Waals surface area contributed by atoms with E-state index in [0.717, 1.165) is 48.6 Å². The predicted molar refractivity (Wildman–Crippen MR) is 87.1 cm³/mol. The number of nitrogens with two attached hydrogens (primary N) is 1. The number of aromatic nitrogens is 3. The molecule has 0 bridgehead atoms. The Bertz CT molecular complexity index is 606. The zero-order valence-corrected chi connectivity index (χ0v) is 13.7. The molecule has 1 aromatic heterocycles. The molecule has 4 nitrogen and oxygen atoms in total. The zero-order valence-electron chi connectivity index (χ0n) is 12.9. The van der Waals surface area contributed by atoms with Gasteiger partial charge in [-0.1, -0.05) is 38.4 Å². The standard InChI is InChI=1S/C16H23ClN4/c1-4-13(18)9-11-7-8-12(17)10-14(11)21-16(6-3)19-15(5-2)20-21/h7-8,10,13H,4-6,9,18H2,1-3H3. The molecule has 114 valence electrons. The lowest BCUT2D eigenvalue weighted by Crippen LogP contribution is -2.22. The van der Waals surface area contributed by atoms with Crippen LogP contribution in [0.5, 0.6) is 0 Å². The lowest BCUT2D eigenvalue weighted by molar-refractivity contribution is 0.640. The molecule has 0 fully saturated rings. The summed E-state index contributed by atoms with van der Waals surface area (Å²) >= 11 is 6.18. The molecule has 0 spiro atoms. The molecular formula is C16H23ClN4. The fourth-order valence-corrected chi connectivity index (χ4v) is 2.46. The van der Waals surface area contributed by atoms with Crippen molar-refractivity contribution < 1.29 is 0 Å². The first-order chi connectivity index (χ1) is 10.1. The van der Waals surface area contributed by atoms with Gasteiger partial charge in [-0.05, 0) is 30.5 Å². The molecule has 1 aromatic carbocycles. The second-order valence-electron chi connectivity index (χ2n) is 5.21. The van der Waals surface area contributed by atoms with E-state index in [2.05, 4.69) is 30.9 Å². The third kappa shape index (κ3) is 3.63. The Hall–Kier alpha value is -1.39. The maximum atomic E-state index is 6.18. The molecule has 0 amide bonds. The van der Waals surface area contributed by atoms with Crippen molar-refractivity contribution >= 4 is 11.6 Å². The third-order valence-corrected chi connectivity index (χ3v) is 3.87. The maximum Gasteiger partial charge on any atom is 0.151 e. The molecule has 5 heteroatoms. The summed E-state index contributed by atoms with van der Waals surface area (Å²) in [6.45, 7) is 6.25. The Kier molecular flexibility index (Phi) is 5.37. The summed E-state index contributed by atoms with van der Waals surface area (Å²) in [6, 6.07) is 6.04. The highest BCUT2D eigenvalue weighted by Crippen LogP contribution is 2.22. The second-order valence-corrected chi connectivity index (χ2v) is 5.65. The van der Waals surface area contributed by atoms with Gasteiger partial charge in [0.15, 0.2) is 5.82 Å². The summed E-state index contributed by atoms with van der Waals surface area (Å²) in [5.74, 6) is 1.82. The van der Waals surface area contributed by atoms with Crippen LogP contribution >= 0.6 is 11.6 Å². The van der Waals surface area contributed by atoms with E-state index in [0.29, 0.717) is 5.02 Å². The average Bonchev–Trinajstić information content (AvgIpc) is 2.92. The number of hydrogen-bond donors (Lipinski definition) is 1. The minimum Gasteiger partial charge on any atom is -0.327 e. The van der Waals surface area contributed by atoms with E-state index < -0.39 is 0 Å². The van der Waals surface area contributed by atoms with Crippen LogP contribution in [0, 0.1) is 0 Å². The van der Waals surface area contributed by atoms with E-state index in [1.807, 2.05) is 22.9 Å². The van der Waals surface area contributed by atoms with Crippen LogP contribution < -0.4 is 5.73 Å². The Morgan fingerprint density at radius 3 is 2.62 bits per heavy atom. The molecule has 0 aliphatic heterocycles. The number of benzene rings is 1. The number of hydrogen-bond acceptors (Lipinski definition) is 3. The molecule has 2 N–H and O–H groups in total. The van der Waals surface area contributed by atoms with Gasteiger partial charge in [0.2, 0.25) is 0 Å². The Morgan fingerprint density at radius 2 is 2.00 bits per heavy atom. The summed E-state index contributed by atoms with van der Waals surface area (Å²) in [4.78, 5) is 4.57. The predicted octanol–water partition coefficient (Wildman–Crippen LogP) is 3.33. The molecule has 1 atom stereocenters. The Morgan fingerprint density at radius 1 is 1.24 bits per heavy atom. The SMILES string of the molecule is CCc1nc(CC)n(-c2cc(Cl)ccc2CC(N)CC)n1. The fourth-order valence-electron chi connectivity index (χ4n) is 2.30. The van der Waals surface area contributed by atoms with Crippen LogP contribution in [0.2, 0.25) is 5.02 Å². The van der Waals surface area contributed by atoms with Crippen LogP contribution in [-0.2, 0) is 19.3 Å². The largest absolute Gasteiger partial charge is 0.327 e. The maximum absolute atomic E-state index is 6.18. The first-order valence-corrected chi connectivity index (χ1v) is 7.95. The second kappa shape index (κ2) is 7.05. The lowest BCUT2D eigenvalue weighted by atomic mass is 10.0. The van der Waals surface area contributed by atoms with Gasteiger partial charge in [0.05, 0.1) is 5.69 Å².